The van der Waals surface area contributed by atoms with Crippen molar-refractivity contribution in [2.75, 3.05) is 0 Å². The molecule has 1 amide bonds. The standard InChI is InChI=1S/C30H25F5N4O7S/c1-2-3-8-24-36-26(29(31,32)30(33,34)35)25(28(41)42)38(24)17-18-9-11-19(12-10-18)22-6-4-5-7-23(22)47(45,46)37-27(40)20-13-15-21(16-14-20)39(43)44/h4-7,9-16H,2-3,8,17H2,1H3,(H,37,40)(H,41,42). The van der Waals surface area contributed by atoms with Gasteiger partial charge in [-0.15, -0.1) is 0 Å². The van der Waals surface area contributed by atoms with Crippen LogP contribution < -0.4 is 4.72 Å². The molecule has 0 atom stereocenters. The third kappa shape index (κ3) is 7.29. The average Bonchev–Trinajstić information content (AvgIpc) is 3.38. The molecule has 0 aliphatic heterocycles. The Balaban J connectivity index is 1.66. The number of nitrogens with zero attached hydrogens (tertiary/aromatic N) is 3. The van der Waals surface area contributed by atoms with Gasteiger partial charge in [-0.2, -0.15) is 22.0 Å². The fourth-order valence-electron chi connectivity index (χ4n) is 4.65. The van der Waals surface area contributed by atoms with Gasteiger partial charge in [0, 0.05) is 36.2 Å². The molecule has 0 fully saturated rings. The van der Waals surface area contributed by atoms with Crippen LogP contribution in [-0.2, 0) is 28.9 Å². The van der Waals surface area contributed by atoms with E-state index in [4.69, 9.17) is 0 Å². The van der Waals surface area contributed by atoms with Crippen LogP contribution in [0.1, 0.15) is 57.7 Å². The Morgan fingerprint density at radius 2 is 1.60 bits per heavy atom. The summed E-state index contributed by atoms with van der Waals surface area (Å²) in [6, 6.07) is 15.5. The number of hydrogen-bond donors (Lipinski definition) is 2. The highest BCUT2D eigenvalue weighted by Crippen LogP contribution is 2.45. The number of carbonyl (C=O) groups is 2. The van der Waals surface area contributed by atoms with Crippen LogP contribution in [0, 0.1) is 10.1 Å². The first-order chi connectivity index (χ1) is 22.0. The highest BCUT2D eigenvalue weighted by molar-refractivity contribution is 7.90. The average molecular weight is 681 g/mol. The zero-order valence-electron chi connectivity index (χ0n) is 24.3. The quantitative estimate of drug-likeness (QED) is 0.0998. The molecule has 1 aromatic heterocycles. The molecular weight excluding hydrogens is 655 g/mol. The van der Waals surface area contributed by atoms with Gasteiger partial charge in [-0.25, -0.2) is 22.9 Å². The Bertz CT molecular complexity index is 1930. The number of carboxylic acids is 1. The molecule has 0 unspecified atom stereocenters. The van der Waals surface area contributed by atoms with Crippen molar-refractivity contribution in [3.8, 4) is 11.1 Å². The summed E-state index contributed by atoms with van der Waals surface area (Å²) in [6.45, 7) is 1.31. The summed E-state index contributed by atoms with van der Waals surface area (Å²) in [5.74, 6) is -8.87. The normalized spacial score (nSPS) is 12.1. The number of nitro groups is 1. The topological polar surface area (TPSA) is 162 Å². The van der Waals surface area contributed by atoms with Crippen molar-refractivity contribution in [2.45, 2.75) is 49.7 Å². The molecule has 0 aliphatic rings. The molecule has 4 aromatic rings. The van der Waals surface area contributed by atoms with E-state index in [-0.39, 0.29) is 39.5 Å². The number of aromatic carboxylic acids is 1. The van der Waals surface area contributed by atoms with Crippen LogP contribution in [0.15, 0.2) is 77.7 Å². The Kier molecular flexibility index (Phi) is 9.79. The minimum atomic E-state index is -6.09. The molecule has 47 heavy (non-hydrogen) atoms. The van der Waals surface area contributed by atoms with E-state index in [1.807, 2.05) is 4.72 Å². The number of alkyl halides is 5. The molecule has 248 valence electrons. The zero-order chi connectivity index (χ0) is 34.7. The highest BCUT2D eigenvalue weighted by atomic mass is 32.2. The summed E-state index contributed by atoms with van der Waals surface area (Å²) >= 11 is 0. The Hall–Kier alpha value is -5.19. The number of carboxylic acid groups (broad SMARTS) is 1. The SMILES string of the molecule is CCCCc1nc(C(F)(F)C(F)(F)F)c(C(=O)O)n1Cc1ccc(-c2ccccc2S(=O)(=O)NC(=O)c2ccc([N+](=O)[O-])cc2)cc1. The number of imidazole rings is 1. The number of non-ortho nitro benzene ring substituents is 1. The molecule has 3 aromatic carbocycles. The maximum Gasteiger partial charge on any atom is 0.459 e. The van der Waals surface area contributed by atoms with Crippen molar-refractivity contribution in [2.24, 2.45) is 0 Å². The van der Waals surface area contributed by atoms with Gasteiger partial charge in [-0.1, -0.05) is 55.8 Å². The third-order valence-corrected chi connectivity index (χ3v) is 8.40. The van der Waals surface area contributed by atoms with Gasteiger partial charge in [0.05, 0.1) is 9.82 Å². The van der Waals surface area contributed by atoms with Crippen LogP contribution in [0.4, 0.5) is 27.6 Å². The summed E-state index contributed by atoms with van der Waals surface area (Å²) in [7, 11) is -4.50. The Labute approximate surface area is 263 Å². The molecule has 0 saturated carbocycles. The zero-order valence-corrected chi connectivity index (χ0v) is 25.1. The van der Waals surface area contributed by atoms with E-state index in [1.165, 1.54) is 48.5 Å². The first-order valence-corrected chi connectivity index (χ1v) is 15.2. The molecule has 11 nitrogen and oxygen atoms in total. The van der Waals surface area contributed by atoms with Crippen LogP contribution in [0.25, 0.3) is 11.1 Å². The van der Waals surface area contributed by atoms with E-state index >= 15 is 0 Å². The number of amides is 1. The maximum absolute atomic E-state index is 14.4. The Morgan fingerprint density at radius 1 is 0.979 bits per heavy atom. The van der Waals surface area contributed by atoms with Crippen LogP contribution in [-0.4, -0.2) is 46.1 Å². The van der Waals surface area contributed by atoms with Crippen molar-refractivity contribution in [3.05, 3.63) is 111 Å². The van der Waals surface area contributed by atoms with Crippen molar-refractivity contribution < 1.29 is 50.0 Å². The van der Waals surface area contributed by atoms with Gasteiger partial charge in [0.15, 0.2) is 11.4 Å². The largest absolute Gasteiger partial charge is 0.477 e. The Morgan fingerprint density at radius 3 is 2.15 bits per heavy atom. The van der Waals surface area contributed by atoms with Gasteiger partial charge in [-0.3, -0.25) is 14.9 Å². The molecule has 0 saturated heterocycles. The maximum atomic E-state index is 14.4. The van der Waals surface area contributed by atoms with E-state index in [0.717, 1.165) is 28.8 Å². The summed E-state index contributed by atoms with van der Waals surface area (Å²) in [5.41, 5.74) is -2.96. The van der Waals surface area contributed by atoms with Gasteiger partial charge in [-0.05, 0) is 35.7 Å². The lowest BCUT2D eigenvalue weighted by Gasteiger charge is -2.18. The second-order valence-corrected chi connectivity index (χ2v) is 11.9. The number of hydrogen-bond acceptors (Lipinski definition) is 7. The minimum Gasteiger partial charge on any atom is -0.477 e. The predicted molar refractivity (Wildman–Crippen MR) is 156 cm³/mol. The molecule has 17 heteroatoms. The first-order valence-electron chi connectivity index (χ1n) is 13.8. The molecule has 0 bridgehead atoms. The number of halogens is 5. The fourth-order valence-corrected chi connectivity index (χ4v) is 5.85. The number of aromatic nitrogens is 2. The van der Waals surface area contributed by atoms with E-state index < -0.39 is 56.9 Å². The number of benzene rings is 3. The monoisotopic (exact) mass is 680 g/mol. The summed E-state index contributed by atoms with van der Waals surface area (Å²) in [6.07, 6.45) is -5.31. The number of sulfonamides is 1. The molecule has 0 aliphatic carbocycles. The van der Waals surface area contributed by atoms with Gasteiger partial charge in [0.25, 0.3) is 21.6 Å². The number of carbonyl (C=O) groups excluding carboxylic acids is 1. The molecule has 0 radical (unpaired) electrons. The van der Waals surface area contributed by atoms with Crippen molar-refractivity contribution in [1.29, 1.82) is 0 Å². The lowest BCUT2D eigenvalue weighted by atomic mass is 10.0. The van der Waals surface area contributed by atoms with Crippen molar-refractivity contribution >= 4 is 27.6 Å². The highest BCUT2D eigenvalue weighted by Gasteiger charge is 2.62. The molecule has 0 spiro atoms. The lowest BCUT2D eigenvalue weighted by molar-refractivity contribution is -0.384. The van der Waals surface area contributed by atoms with Crippen LogP contribution in [0.2, 0.25) is 0 Å². The summed E-state index contributed by atoms with van der Waals surface area (Å²) in [5, 5.41) is 20.5. The van der Waals surface area contributed by atoms with Crippen molar-refractivity contribution in [1.82, 2.24) is 14.3 Å². The van der Waals surface area contributed by atoms with Crippen LogP contribution >= 0.6 is 0 Å². The lowest BCUT2D eigenvalue weighted by Crippen LogP contribution is -2.35. The van der Waals surface area contributed by atoms with E-state index in [1.54, 1.807) is 6.92 Å². The second-order valence-electron chi connectivity index (χ2n) is 10.2. The van der Waals surface area contributed by atoms with Gasteiger partial charge >= 0.3 is 18.1 Å². The molecule has 4 rings (SSSR count). The van der Waals surface area contributed by atoms with E-state index in [0.29, 0.717) is 18.4 Å². The predicted octanol–water partition coefficient (Wildman–Crippen LogP) is 6.32. The van der Waals surface area contributed by atoms with Gasteiger partial charge in [0.1, 0.15) is 5.82 Å². The number of aryl methyl sites for hydroxylation is 1. The number of nitro benzene ring substituents is 1. The molecular formula is C30H25F5N4O7S. The molecule has 1 heterocycles. The van der Waals surface area contributed by atoms with Gasteiger partial charge in [0.2, 0.25) is 0 Å². The fraction of sp³-hybridized carbons (Fsp3) is 0.233. The van der Waals surface area contributed by atoms with E-state index in [9.17, 15) is 55.2 Å². The molecule has 2 N–H and O–H groups in total. The van der Waals surface area contributed by atoms with Crippen LogP contribution in [0.3, 0.4) is 0 Å². The second kappa shape index (κ2) is 13.3. The number of unbranched alkanes of at least 4 members (excludes halogenated alkanes) is 1. The van der Waals surface area contributed by atoms with E-state index in [2.05, 4.69) is 4.98 Å². The minimum absolute atomic E-state index is 0.0698. The number of nitrogens with one attached hydrogen (secondary N) is 1. The van der Waals surface area contributed by atoms with Crippen molar-refractivity contribution in [3.63, 3.8) is 0 Å². The summed E-state index contributed by atoms with van der Waals surface area (Å²) < 4.78 is 97.6. The van der Waals surface area contributed by atoms with Crippen LogP contribution in [0.5, 0.6) is 0 Å². The number of rotatable bonds is 12. The third-order valence-electron chi connectivity index (χ3n) is 7.01. The summed E-state index contributed by atoms with van der Waals surface area (Å²) in [4.78, 5) is 38.0. The first kappa shape index (κ1) is 34.7. The smallest absolute Gasteiger partial charge is 0.459 e. The van der Waals surface area contributed by atoms with Gasteiger partial charge < -0.3 is 9.67 Å².